The Morgan fingerprint density at radius 3 is 2.34 bits per heavy atom. The highest BCUT2D eigenvalue weighted by Gasteiger charge is 2.64. The molecule has 5 atom stereocenters. The summed E-state index contributed by atoms with van der Waals surface area (Å²) >= 11 is 1.28. The molecule has 2 unspecified atom stereocenters. The second-order valence-electron chi connectivity index (χ2n) is 8.14. The fraction of sp³-hybridized carbons (Fsp3) is 0.450. The van der Waals surface area contributed by atoms with Crippen molar-refractivity contribution in [2.45, 2.75) is 54.6 Å². The number of carbonyl (C=O) groups excluding carboxylic acids is 3. The number of hydrogen-bond acceptors (Lipinski definition) is 7. The van der Waals surface area contributed by atoms with Crippen molar-refractivity contribution in [1.29, 1.82) is 0 Å². The van der Waals surface area contributed by atoms with Crippen LogP contribution >= 0.6 is 11.8 Å². The molecule has 1 aromatic carbocycles. The van der Waals surface area contributed by atoms with Crippen molar-refractivity contribution in [3.05, 3.63) is 35.9 Å². The molecule has 2 fully saturated rings. The molecular formula is C20H24N4O7S. The van der Waals surface area contributed by atoms with E-state index in [0.717, 1.165) is 0 Å². The average Bonchev–Trinajstić information content (AvgIpc) is 2.98. The number of carbonyl (C=O) groups is 5. The summed E-state index contributed by atoms with van der Waals surface area (Å²) in [5.41, 5.74) is 6.01. The molecule has 12 heteroatoms. The minimum atomic E-state index is -1.37. The van der Waals surface area contributed by atoms with Gasteiger partial charge in [-0.3, -0.25) is 19.2 Å². The summed E-state index contributed by atoms with van der Waals surface area (Å²) in [4.78, 5) is 61.8. The van der Waals surface area contributed by atoms with Crippen molar-refractivity contribution >= 4 is 41.4 Å². The molecule has 2 saturated heterocycles. The van der Waals surface area contributed by atoms with Crippen LogP contribution in [0.4, 0.5) is 0 Å². The van der Waals surface area contributed by atoms with Gasteiger partial charge < -0.3 is 31.5 Å². The van der Waals surface area contributed by atoms with Gasteiger partial charge in [-0.05, 0) is 19.4 Å². The van der Waals surface area contributed by atoms with E-state index in [0.29, 0.717) is 5.56 Å². The van der Waals surface area contributed by atoms with Gasteiger partial charge in [0, 0.05) is 4.75 Å². The number of β-lactam (4-membered cyclic amide) rings is 1. The Bertz CT molecular complexity index is 955. The number of nitrogens with one attached hydrogen (secondary N) is 2. The Morgan fingerprint density at radius 2 is 1.78 bits per heavy atom. The Labute approximate surface area is 187 Å². The number of aliphatic carboxylic acids is 2. The van der Waals surface area contributed by atoms with Crippen molar-refractivity contribution in [2.75, 3.05) is 0 Å². The molecule has 2 aliphatic rings. The van der Waals surface area contributed by atoms with Gasteiger partial charge in [-0.15, -0.1) is 11.8 Å². The summed E-state index contributed by atoms with van der Waals surface area (Å²) in [5, 5.41) is 22.9. The second kappa shape index (κ2) is 8.79. The zero-order chi connectivity index (χ0) is 23.8. The van der Waals surface area contributed by atoms with Crippen molar-refractivity contribution in [3.8, 4) is 0 Å². The Hall–Kier alpha value is -3.12. The molecule has 172 valence electrons. The molecule has 0 radical (unpaired) electrons. The topological polar surface area (TPSA) is 179 Å². The molecule has 2 heterocycles. The summed E-state index contributed by atoms with van der Waals surface area (Å²) < 4.78 is -0.748. The van der Waals surface area contributed by atoms with Gasteiger partial charge >= 0.3 is 11.9 Å². The van der Waals surface area contributed by atoms with Crippen LogP contribution in [-0.2, 0) is 24.0 Å². The molecule has 11 nitrogen and oxygen atoms in total. The lowest BCUT2D eigenvalue weighted by atomic mass is 9.95. The van der Waals surface area contributed by atoms with E-state index in [-0.39, 0.29) is 0 Å². The third-order valence-corrected chi connectivity index (χ3v) is 6.96. The van der Waals surface area contributed by atoms with E-state index in [9.17, 15) is 29.1 Å². The first kappa shape index (κ1) is 23.5. The number of benzene rings is 1. The first-order chi connectivity index (χ1) is 14.9. The van der Waals surface area contributed by atoms with Crippen LogP contribution in [0.1, 0.15) is 31.9 Å². The maximum atomic E-state index is 13.1. The minimum Gasteiger partial charge on any atom is -0.481 e. The van der Waals surface area contributed by atoms with Gasteiger partial charge in [0.15, 0.2) is 0 Å². The van der Waals surface area contributed by atoms with Crippen LogP contribution in [0.3, 0.4) is 0 Å². The number of hydrogen-bond donors (Lipinski definition) is 5. The van der Waals surface area contributed by atoms with E-state index in [2.05, 4.69) is 10.6 Å². The molecule has 2 aliphatic heterocycles. The summed E-state index contributed by atoms with van der Waals surface area (Å²) in [6.07, 6.45) is -0.616. The monoisotopic (exact) mass is 464 g/mol. The standard InChI is InChI=1S/C20H24N4O7S/c1-20(2)14(19(30)31)24-17(29)13(18(24)32-20)23-16(28)12(9-6-4-3-5-7-9)22-15(27)10(21)8-11(25)26/h3-7,10,12-14,18H,8,21H2,1-2H3,(H,22,27)(H,23,28)(H,25,26)(H,30,31)/t10?,12?,13-,14+,18-/m1/s1. The fourth-order valence-corrected chi connectivity index (χ4v) is 5.48. The van der Waals surface area contributed by atoms with E-state index in [1.54, 1.807) is 44.2 Å². The molecule has 1 aromatic rings. The van der Waals surface area contributed by atoms with Crippen LogP contribution in [-0.4, -0.2) is 73.0 Å². The van der Waals surface area contributed by atoms with E-state index < -0.39 is 70.4 Å². The van der Waals surface area contributed by atoms with Crippen LogP contribution in [0.5, 0.6) is 0 Å². The Morgan fingerprint density at radius 1 is 1.16 bits per heavy atom. The van der Waals surface area contributed by atoms with Gasteiger partial charge in [0.1, 0.15) is 23.5 Å². The highest BCUT2D eigenvalue weighted by molar-refractivity contribution is 8.01. The van der Waals surface area contributed by atoms with Gasteiger partial charge in [-0.1, -0.05) is 30.3 Å². The predicted molar refractivity (Wildman–Crippen MR) is 113 cm³/mol. The number of fused-ring (bicyclic) bond motifs is 1. The molecule has 0 bridgehead atoms. The van der Waals surface area contributed by atoms with Gasteiger partial charge in [0.25, 0.3) is 0 Å². The first-order valence-corrected chi connectivity index (χ1v) is 10.7. The number of nitrogens with two attached hydrogens (primary N) is 1. The fourth-order valence-electron chi connectivity index (χ4n) is 3.86. The number of amides is 3. The molecular weight excluding hydrogens is 440 g/mol. The lowest BCUT2D eigenvalue weighted by Gasteiger charge is -2.44. The number of nitrogens with zero attached hydrogens (tertiary/aromatic N) is 1. The summed E-state index contributed by atoms with van der Waals surface area (Å²) in [6.45, 7) is 3.44. The van der Waals surface area contributed by atoms with Crippen LogP contribution in [0.25, 0.3) is 0 Å². The summed E-state index contributed by atoms with van der Waals surface area (Å²) in [6, 6.07) is 3.65. The summed E-state index contributed by atoms with van der Waals surface area (Å²) in [5.74, 6) is -4.43. The normalized spacial score (nSPS) is 25.2. The van der Waals surface area contributed by atoms with Crippen LogP contribution in [0, 0.1) is 0 Å². The van der Waals surface area contributed by atoms with Crippen LogP contribution in [0.15, 0.2) is 30.3 Å². The van der Waals surface area contributed by atoms with Gasteiger partial charge in [-0.25, -0.2) is 4.79 Å². The Balaban J connectivity index is 1.77. The SMILES string of the molecule is CC1(C)S[C@@H]2[C@H](NC(=O)C(NC(=O)C(N)CC(=O)O)c3ccccc3)C(=O)N2[C@H]1C(=O)O. The third kappa shape index (κ3) is 4.41. The van der Waals surface area contributed by atoms with Gasteiger partial charge in [0.05, 0.1) is 12.5 Å². The van der Waals surface area contributed by atoms with E-state index in [1.165, 1.54) is 16.7 Å². The molecule has 3 rings (SSSR count). The quantitative estimate of drug-likeness (QED) is 0.310. The molecule has 6 N–H and O–H groups in total. The summed E-state index contributed by atoms with van der Waals surface area (Å²) in [7, 11) is 0. The molecule has 0 saturated carbocycles. The van der Waals surface area contributed by atoms with E-state index in [4.69, 9.17) is 10.8 Å². The number of carboxylic acids is 2. The van der Waals surface area contributed by atoms with E-state index in [1.807, 2.05) is 0 Å². The molecule has 0 aromatic heterocycles. The zero-order valence-corrected chi connectivity index (χ0v) is 18.2. The van der Waals surface area contributed by atoms with Gasteiger partial charge in [0.2, 0.25) is 17.7 Å². The Kier molecular flexibility index (Phi) is 6.46. The van der Waals surface area contributed by atoms with Crippen LogP contribution < -0.4 is 16.4 Å². The van der Waals surface area contributed by atoms with Crippen molar-refractivity contribution in [2.24, 2.45) is 5.73 Å². The number of carboxylic acid groups (broad SMARTS) is 2. The van der Waals surface area contributed by atoms with Crippen LogP contribution in [0.2, 0.25) is 0 Å². The van der Waals surface area contributed by atoms with Crippen molar-refractivity contribution in [3.63, 3.8) is 0 Å². The highest BCUT2D eigenvalue weighted by Crippen LogP contribution is 2.50. The highest BCUT2D eigenvalue weighted by atomic mass is 32.2. The lowest BCUT2D eigenvalue weighted by Crippen LogP contribution is -2.71. The maximum absolute atomic E-state index is 13.1. The third-order valence-electron chi connectivity index (χ3n) is 5.39. The van der Waals surface area contributed by atoms with Crippen molar-refractivity contribution in [1.82, 2.24) is 15.5 Å². The smallest absolute Gasteiger partial charge is 0.327 e. The van der Waals surface area contributed by atoms with Crippen molar-refractivity contribution < 1.29 is 34.2 Å². The average molecular weight is 465 g/mol. The predicted octanol–water partition coefficient (Wildman–Crippen LogP) is -0.722. The first-order valence-electron chi connectivity index (χ1n) is 9.80. The molecule has 0 spiro atoms. The van der Waals surface area contributed by atoms with E-state index >= 15 is 0 Å². The minimum absolute atomic E-state index is 0.410. The van der Waals surface area contributed by atoms with Gasteiger partial charge in [-0.2, -0.15) is 0 Å². The molecule has 0 aliphatic carbocycles. The lowest BCUT2D eigenvalue weighted by molar-refractivity contribution is -0.161. The maximum Gasteiger partial charge on any atom is 0.327 e. The number of thioether (sulfide) groups is 1. The molecule has 32 heavy (non-hydrogen) atoms. The number of rotatable bonds is 8. The zero-order valence-electron chi connectivity index (χ0n) is 17.3. The second-order valence-corrected chi connectivity index (χ2v) is 9.91. The largest absolute Gasteiger partial charge is 0.481 e. The molecule has 3 amide bonds.